The molecule has 0 amide bonds. The third-order valence-electron chi connectivity index (χ3n) is 3.29. The fourth-order valence-electron chi connectivity index (χ4n) is 2.13. The van der Waals surface area contributed by atoms with Crippen LogP contribution in [0.25, 0.3) is 0 Å². The summed E-state index contributed by atoms with van der Waals surface area (Å²) in [6, 6.07) is 14.0. The van der Waals surface area contributed by atoms with Crippen LogP contribution in [-0.2, 0) is 0 Å². The van der Waals surface area contributed by atoms with Crippen LogP contribution in [0.5, 0.6) is 5.75 Å². The van der Waals surface area contributed by atoms with Gasteiger partial charge in [0.05, 0.1) is 6.61 Å². The highest BCUT2D eigenvalue weighted by atomic mass is 19.1. The Morgan fingerprint density at radius 2 is 1.71 bits per heavy atom. The lowest BCUT2D eigenvalue weighted by Gasteiger charge is -2.23. The smallest absolute Gasteiger partial charge is 0.123 e. The van der Waals surface area contributed by atoms with Crippen LogP contribution >= 0.6 is 0 Å². The third-order valence-corrected chi connectivity index (χ3v) is 3.29. The second kappa shape index (κ2) is 7.53. The summed E-state index contributed by atoms with van der Waals surface area (Å²) in [5.41, 5.74) is 7.39. The highest BCUT2D eigenvalue weighted by Crippen LogP contribution is 2.16. The van der Waals surface area contributed by atoms with Crippen molar-refractivity contribution in [2.45, 2.75) is 13.3 Å². The number of nitrogens with zero attached hydrogens (tertiary/aromatic N) is 1. The van der Waals surface area contributed by atoms with E-state index < -0.39 is 0 Å². The Morgan fingerprint density at radius 1 is 1.05 bits per heavy atom. The summed E-state index contributed by atoms with van der Waals surface area (Å²) in [6.45, 7) is 4.48. The van der Waals surface area contributed by atoms with Crippen molar-refractivity contribution in [3.63, 3.8) is 0 Å². The fraction of sp³-hybridized carbons (Fsp3) is 0.294. The lowest BCUT2D eigenvalue weighted by atomic mass is 10.2. The van der Waals surface area contributed by atoms with E-state index in [1.54, 1.807) is 12.1 Å². The Hall–Kier alpha value is -2.23. The molecule has 0 saturated heterocycles. The first-order valence-corrected chi connectivity index (χ1v) is 7.18. The van der Waals surface area contributed by atoms with Crippen molar-refractivity contribution in [3.05, 3.63) is 54.3 Å². The van der Waals surface area contributed by atoms with Crippen molar-refractivity contribution in [2.24, 2.45) is 0 Å². The Labute approximate surface area is 125 Å². The highest BCUT2D eigenvalue weighted by molar-refractivity contribution is 5.46. The molecule has 0 aromatic heterocycles. The molecule has 112 valence electrons. The second-order valence-electron chi connectivity index (χ2n) is 4.83. The first kappa shape index (κ1) is 15.2. The van der Waals surface area contributed by atoms with Crippen LogP contribution in [0.1, 0.15) is 13.3 Å². The molecule has 2 rings (SSSR count). The second-order valence-corrected chi connectivity index (χ2v) is 4.83. The minimum Gasteiger partial charge on any atom is -0.494 e. The predicted octanol–water partition coefficient (Wildman–Crippen LogP) is 3.70. The third kappa shape index (κ3) is 4.67. The van der Waals surface area contributed by atoms with Gasteiger partial charge in [-0.25, -0.2) is 4.39 Å². The normalized spacial score (nSPS) is 10.4. The molecule has 0 fully saturated rings. The Balaban J connectivity index is 1.78. The van der Waals surface area contributed by atoms with E-state index in [1.807, 2.05) is 24.3 Å². The topological polar surface area (TPSA) is 38.5 Å². The zero-order valence-corrected chi connectivity index (χ0v) is 12.3. The molecular formula is C17H21FN2O. The molecule has 0 aliphatic heterocycles. The van der Waals surface area contributed by atoms with Gasteiger partial charge in [0.25, 0.3) is 0 Å². The maximum atomic E-state index is 12.9. The van der Waals surface area contributed by atoms with Crippen molar-refractivity contribution in [1.29, 1.82) is 0 Å². The zero-order valence-electron chi connectivity index (χ0n) is 12.3. The molecule has 0 spiro atoms. The summed E-state index contributed by atoms with van der Waals surface area (Å²) in [5.74, 6) is 0.621. The summed E-state index contributed by atoms with van der Waals surface area (Å²) in [6.07, 6.45) is 0.898. The first-order chi connectivity index (χ1) is 10.2. The predicted molar refractivity (Wildman–Crippen MR) is 85.3 cm³/mol. The molecule has 2 aromatic rings. The Kier molecular flexibility index (Phi) is 5.43. The average Bonchev–Trinajstić information content (AvgIpc) is 2.50. The zero-order chi connectivity index (χ0) is 15.1. The number of hydrogen-bond acceptors (Lipinski definition) is 3. The van der Waals surface area contributed by atoms with Crippen LogP contribution in [0, 0.1) is 5.82 Å². The number of benzene rings is 2. The van der Waals surface area contributed by atoms with Gasteiger partial charge in [-0.2, -0.15) is 0 Å². The van der Waals surface area contributed by atoms with Gasteiger partial charge in [0.1, 0.15) is 11.6 Å². The van der Waals surface area contributed by atoms with Crippen LogP contribution < -0.4 is 15.4 Å². The molecule has 2 aromatic carbocycles. The van der Waals surface area contributed by atoms with Crippen LogP contribution in [-0.4, -0.2) is 19.7 Å². The summed E-state index contributed by atoms with van der Waals surface area (Å²) in [4.78, 5) is 2.20. The lowest BCUT2D eigenvalue weighted by Crippen LogP contribution is -2.25. The molecule has 0 unspecified atom stereocenters. The Morgan fingerprint density at radius 3 is 2.33 bits per heavy atom. The van der Waals surface area contributed by atoms with Crippen molar-refractivity contribution in [2.75, 3.05) is 30.3 Å². The molecule has 0 aliphatic carbocycles. The minimum atomic E-state index is -0.207. The van der Waals surface area contributed by atoms with Gasteiger partial charge in [0.2, 0.25) is 0 Å². The van der Waals surface area contributed by atoms with Gasteiger partial charge in [-0.3, -0.25) is 0 Å². The van der Waals surface area contributed by atoms with Crippen molar-refractivity contribution in [1.82, 2.24) is 0 Å². The van der Waals surface area contributed by atoms with E-state index in [4.69, 9.17) is 10.5 Å². The van der Waals surface area contributed by atoms with Crippen LogP contribution in [0.3, 0.4) is 0 Å². The minimum absolute atomic E-state index is 0.207. The van der Waals surface area contributed by atoms with Gasteiger partial charge in [-0.15, -0.1) is 0 Å². The summed E-state index contributed by atoms with van der Waals surface area (Å²) in [7, 11) is 0. The van der Waals surface area contributed by atoms with E-state index in [2.05, 4.69) is 11.8 Å². The molecule has 0 saturated carbocycles. The van der Waals surface area contributed by atoms with E-state index in [0.29, 0.717) is 6.61 Å². The number of nitrogen functional groups attached to an aromatic ring is 1. The van der Waals surface area contributed by atoms with Gasteiger partial charge in [-0.05, 0) is 61.9 Å². The molecule has 0 bridgehead atoms. The van der Waals surface area contributed by atoms with Gasteiger partial charge in [0, 0.05) is 24.5 Å². The van der Waals surface area contributed by atoms with Crippen molar-refractivity contribution < 1.29 is 9.13 Å². The van der Waals surface area contributed by atoms with E-state index in [0.717, 1.165) is 36.6 Å². The number of rotatable bonds is 7. The summed E-state index contributed by atoms with van der Waals surface area (Å²) < 4.78 is 18.6. The number of halogens is 1. The molecular weight excluding hydrogens is 267 g/mol. The maximum Gasteiger partial charge on any atom is 0.123 e. The molecule has 21 heavy (non-hydrogen) atoms. The standard InChI is InChI=1S/C17H21FN2O/c1-2-20(16-8-4-14(18)5-9-16)12-3-13-21-17-10-6-15(19)7-11-17/h4-11H,2-3,12-13,19H2,1H3. The van der Waals surface area contributed by atoms with E-state index in [1.165, 1.54) is 12.1 Å². The van der Waals surface area contributed by atoms with Crippen LogP contribution in [0.4, 0.5) is 15.8 Å². The van der Waals surface area contributed by atoms with Crippen molar-refractivity contribution in [3.8, 4) is 5.75 Å². The van der Waals surface area contributed by atoms with Crippen molar-refractivity contribution >= 4 is 11.4 Å². The maximum absolute atomic E-state index is 12.9. The van der Waals surface area contributed by atoms with Crippen LogP contribution in [0.2, 0.25) is 0 Å². The van der Waals surface area contributed by atoms with Gasteiger partial charge >= 0.3 is 0 Å². The summed E-state index contributed by atoms with van der Waals surface area (Å²) >= 11 is 0. The lowest BCUT2D eigenvalue weighted by molar-refractivity contribution is 0.312. The molecule has 0 atom stereocenters. The number of anilines is 2. The first-order valence-electron chi connectivity index (χ1n) is 7.18. The molecule has 2 N–H and O–H groups in total. The van der Waals surface area contributed by atoms with Gasteiger partial charge in [0.15, 0.2) is 0 Å². The monoisotopic (exact) mass is 288 g/mol. The highest BCUT2D eigenvalue weighted by Gasteiger charge is 2.04. The fourth-order valence-corrected chi connectivity index (χ4v) is 2.13. The molecule has 3 nitrogen and oxygen atoms in total. The molecule has 0 heterocycles. The number of hydrogen-bond donors (Lipinski definition) is 1. The van der Waals surface area contributed by atoms with Crippen LogP contribution in [0.15, 0.2) is 48.5 Å². The Bertz CT molecular complexity index is 540. The van der Waals surface area contributed by atoms with Gasteiger partial charge in [-0.1, -0.05) is 0 Å². The summed E-state index contributed by atoms with van der Waals surface area (Å²) in [5, 5.41) is 0. The average molecular weight is 288 g/mol. The molecule has 4 heteroatoms. The molecule has 0 aliphatic rings. The SMILES string of the molecule is CCN(CCCOc1ccc(N)cc1)c1ccc(F)cc1. The van der Waals surface area contributed by atoms with Gasteiger partial charge < -0.3 is 15.4 Å². The number of ether oxygens (including phenoxy) is 1. The largest absolute Gasteiger partial charge is 0.494 e. The molecule has 0 radical (unpaired) electrons. The van der Waals surface area contributed by atoms with E-state index in [-0.39, 0.29) is 5.82 Å². The quantitative estimate of drug-likeness (QED) is 0.623. The van der Waals surface area contributed by atoms with E-state index in [9.17, 15) is 4.39 Å². The van der Waals surface area contributed by atoms with E-state index >= 15 is 0 Å². The number of nitrogens with two attached hydrogens (primary N) is 1.